The lowest BCUT2D eigenvalue weighted by molar-refractivity contribution is 0.111. The molecule has 0 saturated carbocycles. The van der Waals surface area contributed by atoms with Crippen molar-refractivity contribution in [3.8, 4) is 5.88 Å². The van der Waals surface area contributed by atoms with Crippen LogP contribution in [0.2, 0.25) is 0 Å². The average Bonchev–Trinajstić information content (AvgIpc) is 2.16. The summed E-state index contributed by atoms with van der Waals surface area (Å²) in [5, 5.41) is 0. The summed E-state index contributed by atoms with van der Waals surface area (Å²) >= 11 is 0. The second-order valence-electron chi connectivity index (χ2n) is 2.23. The molecule has 0 amide bonds. The Kier molecular flexibility index (Phi) is 2.74. The quantitative estimate of drug-likeness (QED) is 0.625. The molecule has 1 aromatic rings. The van der Waals surface area contributed by atoms with Gasteiger partial charge in [0.2, 0.25) is 5.88 Å². The molecule has 0 aliphatic rings. The van der Waals surface area contributed by atoms with E-state index in [2.05, 4.69) is 9.97 Å². The molecule has 4 heteroatoms. The molecule has 0 aromatic carbocycles. The van der Waals surface area contributed by atoms with Crippen LogP contribution in [0.4, 0.5) is 0 Å². The summed E-state index contributed by atoms with van der Waals surface area (Å²) in [6.45, 7) is 1.95. The van der Waals surface area contributed by atoms with Gasteiger partial charge in [-0.2, -0.15) is 4.98 Å². The molecular formula is C8H10N2O2. The van der Waals surface area contributed by atoms with Crippen LogP contribution in [-0.4, -0.2) is 23.4 Å². The highest BCUT2D eigenvalue weighted by Crippen LogP contribution is 2.07. The van der Waals surface area contributed by atoms with Crippen molar-refractivity contribution in [1.29, 1.82) is 0 Å². The van der Waals surface area contributed by atoms with Crippen LogP contribution < -0.4 is 4.74 Å². The highest BCUT2D eigenvalue weighted by atomic mass is 16.5. The van der Waals surface area contributed by atoms with Crippen molar-refractivity contribution in [2.45, 2.75) is 13.3 Å². The van der Waals surface area contributed by atoms with E-state index in [1.165, 1.54) is 7.11 Å². The summed E-state index contributed by atoms with van der Waals surface area (Å²) < 4.78 is 4.89. The van der Waals surface area contributed by atoms with Gasteiger partial charge in [0, 0.05) is 11.8 Å². The third-order valence-corrected chi connectivity index (χ3v) is 1.45. The van der Waals surface area contributed by atoms with E-state index in [1.54, 1.807) is 6.07 Å². The number of aryl methyl sites for hydroxylation is 1. The topological polar surface area (TPSA) is 52.1 Å². The fourth-order valence-electron chi connectivity index (χ4n) is 0.831. The van der Waals surface area contributed by atoms with Gasteiger partial charge in [-0.05, 0) is 6.42 Å². The number of rotatable bonds is 3. The molecule has 1 rings (SSSR count). The summed E-state index contributed by atoms with van der Waals surface area (Å²) in [5.41, 5.74) is 0.809. The molecular weight excluding hydrogens is 156 g/mol. The Morgan fingerprint density at radius 1 is 1.58 bits per heavy atom. The summed E-state index contributed by atoms with van der Waals surface area (Å²) in [6, 6.07) is 1.72. The monoisotopic (exact) mass is 166 g/mol. The zero-order chi connectivity index (χ0) is 8.97. The van der Waals surface area contributed by atoms with E-state index in [0.29, 0.717) is 12.2 Å². The Hall–Kier alpha value is -1.45. The highest BCUT2D eigenvalue weighted by Gasteiger charge is 2.01. The van der Waals surface area contributed by atoms with Crippen molar-refractivity contribution in [2.75, 3.05) is 7.11 Å². The Morgan fingerprint density at radius 3 is 2.83 bits per heavy atom. The zero-order valence-electron chi connectivity index (χ0n) is 7.07. The predicted octanol–water partition coefficient (Wildman–Crippen LogP) is 0.860. The summed E-state index contributed by atoms with van der Waals surface area (Å²) in [5.74, 6) is 0.607. The molecule has 0 spiro atoms. The third-order valence-electron chi connectivity index (χ3n) is 1.45. The van der Waals surface area contributed by atoms with E-state index in [1.807, 2.05) is 6.92 Å². The maximum atomic E-state index is 10.4. The molecule has 0 aliphatic carbocycles. The number of carbonyl (C=O) groups is 1. The molecule has 64 valence electrons. The van der Waals surface area contributed by atoms with Gasteiger partial charge in [0.25, 0.3) is 0 Å². The molecule has 0 N–H and O–H groups in total. The highest BCUT2D eigenvalue weighted by molar-refractivity contribution is 5.68. The van der Waals surface area contributed by atoms with E-state index >= 15 is 0 Å². The number of hydrogen-bond donors (Lipinski definition) is 0. The third kappa shape index (κ3) is 1.78. The average molecular weight is 166 g/mol. The van der Waals surface area contributed by atoms with Gasteiger partial charge in [-0.15, -0.1) is 0 Å². The van der Waals surface area contributed by atoms with Gasteiger partial charge in [0.1, 0.15) is 0 Å². The second-order valence-corrected chi connectivity index (χ2v) is 2.23. The molecule has 12 heavy (non-hydrogen) atoms. The first-order valence-corrected chi connectivity index (χ1v) is 3.67. The van der Waals surface area contributed by atoms with Crippen molar-refractivity contribution in [3.63, 3.8) is 0 Å². The Labute approximate surface area is 70.6 Å². The molecule has 0 aliphatic heterocycles. The lowest BCUT2D eigenvalue weighted by atomic mass is 10.3. The largest absolute Gasteiger partial charge is 0.481 e. The van der Waals surface area contributed by atoms with E-state index in [0.717, 1.165) is 12.1 Å². The van der Waals surface area contributed by atoms with Gasteiger partial charge in [-0.25, -0.2) is 4.98 Å². The standard InChI is InChI=1S/C8H10N2O2/c1-3-6-4-8(12-2)10-7(5-11)9-6/h4-5H,3H2,1-2H3. The lowest BCUT2D eigenvalue weighted by Gasteiger charge is -2.01. The number of aldehydes is 1. The lowest BCUT2D eigenvalue weighted by Crippen LogP contribution is -1.99. The molecule has 1 aromatic heterocycles. The minimum absolute atomic E-state index is 0.172. The fraction of sp³-hybridized carbons (Fsp3) is 0.375. The van der Waals surface area contributed by atoms with Crippen LogP contribution >= 0.6 is 0 Å². The van der Waals surface area contributed by atoms with Gasteiger partial charge in [-0.1, -0.05) is 6.92 Å². The summed E-state index contributed by atoms with van der Waals surface area (Å²) in [4.78, 5) is 18.1. The van der Waals surface area contributed by atoms with Crippen LogP contribution in [0, 0.1) is 0 Å². The Bertz CT molecular complexity index is 264. The van der Waals surface area contributed by atoms with Crippen LogP contribution in [0.25, 0.3) is 0 Å². The second kappa shape index (κ2) is 3.80. The number of aromatic nitrogens is 2. The molecule has 0 saturated heterocycles. The van der Waals surface area contributed by atoms with E-state index < -0.39 is 0 Å². The first-order valence-electron chi connectivity index (χ1n) is 3.67. The van der Waals surface area contributed by atoms with Crippen LogP contribution in [0.15, 0.2) is 6.07 Å². The molecule has 0 fully saturated rings. The van der Waals surface area contributed by atoms with Crippen molar-refractivity contribution in [1.82, 2.24) is 9.97 Å². The van der Waals surface area contributed by atoms with E-state index in [-0.39, 0.29) is 5.82 Å². The number of nitrogens with zero attached hydrogens (tertiary/aromatic N) is 2. The zero-order valence-corrected chi connectivity index (χ0v) is 7.07. The van der Waals surface area contributed by atoms with Crippen LogP contribution in [0.3, 0.4) is 0 Å². The maximum Gasteiger partial charge on any atom is 0.216 e. The normalized spacial score (nSPS) is 9.50. The van der Waals surface area contributed by atoms with Crippen molar-refractivity contribution in [3.05, 3.63) is 17.6 Å². The molecule has 0 unspecified atom stereocenters. The van der Waals surface area contributed by atoms with Crippen molar-refractivity contribution in [2.24, 2.45) is 0 Å². The number of methoxy groups -OCH3 is 1. The minimum atomic E-state index is 0.172. The predicted molar refractivity (Wildman–Crippen MR) is 43.3 cm³/mol. The van der Waals surface area contributed by atoms with Crippen molar-refractivity contribution < 1.29 is 9.53 Å². The number of carbonyl (C=O) groups excluding carboxylic acids is 1. The first kappa shape index (κ1) is 8.64. The number of ether oxygens (including phenoxy) is 1. The minimum Gasteiger partial charge on any atom is -0.481 e. The van der Waals surface area contributed by atoms with Gasteiger partial charge in [0.05, 0.1) is 7.11 Å². The maximum absolute atomic E-state index is 10.4. The smallest absolute Gasteiger partial charge is 0.216 e. The molecule has 4 nitrogen and oxygen atoms in total. The van der Waals surface area contributed by atoms with Crippen LogP contribution in [-0.2, 0) is 6.42 Å². The summed E-state index contributed by atoms with van der Waals surface area (Å²) in [6.07, 6.45) is 1.38. The van der Waals surface area contributed by atoms with Crippen LogP contribution in [0.1, 0.15) is 23.2 Å². The molecule has 0 bridgehead atoms. The van der Waals surface area contributed by atoms with Gasteiger partial charge >= 0.3 is 0 Å². The van der Waals surface area contributed by atoms with E-state index in [9.17, 15) is 4.79 Å². The Balaban J connectivity index is 3.09. The Morgan fingerprint density at radius 2 is 2.33 bits per heavy atom. The number of hydrogen-bond acceptors (Lipinski definition) is 4. The van der Waals surface area contributed by atoms with Gasteiger partial charge < -0.3 is 4.74 Å². The van der Waals surface area contributed by atoms with Crippen molar-refractivity contribution >= 4 is 6.29 Å². The molecule has 1 heterocycles. The SMILES string of the molecule is CCc1cc(OC)nc(C=O)n1. The first-order chi connectivity index (χ1) is 5.80. The van der Waals surface area contributed by atoms with Gasteiger partial charge in [-0.3, -0.25) is 4.79 Å². The van der Waals surface area contributed by atoms with E-state index in [4.69, 9.17) is 4.74 Å². The fourth-order valence-corrected chi connectivity index (χ4v) is 0.831. The van der Waals surface area contributed by atoms with Crippen LogP contribution in [0.5, 0.6) is 5.88 Å². The summed E-state index contributed by atoms with van der Waals surface area (Å²) in [7, 11) is 1.51. The molecule has 0 atom stereocenters. The van der Waals surface area contributed by atoms with Gasteiger partial charge in [0.15, 0.2) is 12.1 Å². The molecule has 0 radical (unpaired) electrons.